The molecule has 0 bridgehead atoms. The van der Waals surface area contributed by atoms with Crippen LogP contribution in [0, 0.1) is 25.3 Å². The molecule has 4 aromatic rings. The van der Waals surface area contributed by atoms with Crippen molar-refractivity contribution < 1.29 is 65.4 Å². The summed E-state index contributed by atoms with van der Waals surface area (Å²) in [5.41, 5.74) is -1.02. The Morgan fingerprint density at radius 1 is 1.10 bits per heavy atom. The second kappa shape index (κ2) is 17.8. The number of aliphatic hydroxyl groups is 1. The average molecular weight is 875 g/mol. The number of carbonyl (C=O) groups is 1. The molecule has 1 amide bonds. The number of anilines is 3. The molecule has 3 N–H and O–H groups in total. The van der Waals surface area contributed by atoms with Crippen molar-refractivity contribution in [2.75, 3.05) is 23.3 Å². The van der Waals surface area contributed by atoms with Gasteiger partial charge in [-0.25, -0.2) is 4.79 Å². The number of nitrogens with zero attached hydrogens (tertiary/aromatic N) is 4. The quantitative estimate of drug-likeness (QED) is 0.0393. The molecule has 20 heteroatoms. The van der Waals surface area contributed by atoms with Crippen LogP contribution in [0.5, 0.6) is 5.75 Å². The Hall–Kier alpha value is -4.54. The van der Waals surface area contributed by atoms with E-state index in [-0.39, 0.29) is 44.6 Å². The Morgan fingerprint density at radius 3 is 2.56 bits per heavy atom. The van der Waals surface area contributed by atoms with Gasteiger partial charge in [-0.1, -0.05) is 11.3 Å². The zero-order valence-electron chi connectivity index (χ0n) is 27.8. The van der Waals surface area contributed by atoms with E-state index in [1.807, 2.05) is 0 Å². The molecule has 52 heavy (non-hydrogen) atoms. The first kappa shape index (κ1) is 40.2. The number of carbonyl (C=O) groups excluding carboxylic acids is 1. The standard InChI is InChI=1S/C32H33F2IN6O9S2/c1-32(2,3)50-31(43)39-51(46)19-20-14-22(17-23(15-20)49-13-7-6-12-42)37-30-36-18-25(34)29(38-30)21-10-11-24(33)27(16-21)40-52(47,48)28-9-5-4-8-26(28)35-41(44)45/h4-5,8-11,14-18,40,42H,6-7,12-13,19H2,1-3H3,(H,36,37,38)/q-2. The number of amides is 1. The van der Waals surface area contributed by atoms with E-state index in [1.54, 1.807) is 39.0 Å². The van der Waals surface area contributed by atoms with Gasteiger partial charge in [-0.3, -0.25) is 4.36 Å². The van der Waals surface area contributed by atoms with Crippen molar-refractivity contribution in [3.05, 3.63) is 97.7 Å². The van der Waals surface area contributed by atoms with Crippen LogP contribution in [-0.2, 0) is 35.3 Å². The molecule has 15 nitrogen and oxygen atoms in total. The van der Waals surface area contributed by atoms with Crippen LogP contribution in [0.1, 0.15) is 39.2 Å². The maximum absolute atomic E-state index is 15.1. The van der Waals surface area contributed by atoms with E-state index in [0.717, 1.165) is 18.3 Å². The maximum atomic E-state index is 15.1. The number of unbranched alkanes of at least 4 members (excludes halogenated alkanes) is 1. The normalized spacial score (nSPS) is 12.3. The van der Waals surface area contributed by atoms with Crippen LogP contribution in [0.15, 0.2) is 76.1 Å². The van der Waals surface area contributed by atoms with E-state index in [0.29, 0.717) is 29.8 Å². The molecule has 4 rings (SSSR count). The minimum absolute atomic E-state index is 0.0145. The minimum atomic E-state index is -4.50. The molecule has 0 aliphatic carbocycles. The number of benzene rings is 3. The average Bonchev–Trinajstić information content (AvgIpc) is 3.04. The third-order valence-corrected chi connectivity index (χ3v) is 11.0. The summed E-state index contributed by atoms with van der Waals surface area (Å²) in [6, 6.07) is 13.1. The van der Waals surface area contributed by atoms with E-state index >= 15 is 4.39 Å². The largest absolute Gasteiger partial charge is 0.494 e. The number of nitro groups is 1. The first-order chi connectivity index (χ1) is 24.5. The van der Waals surface area contributed by atoms with Crippen molar-refractivity contribution in [3.8, 4) is 17.0 Å². The monoisotopic (exact) mass is 874 g/mol. The van der Waals surface area contributed by atoms with E-state index in [2.05, 4.69) is 24.4 Å². The van der Waals surface area contributed by atoms with Crippen molar-refractivity contribution >= 4 is 44.0 Å². The number of aliphatic hydroxyl groups excluding tert-OH is 1. The van der Waals surface area contributed by atoms with Crippen molar-refractivity contribution in [1.82, 2.24) is 9.97 Å². The molecule has 0 saturated carbocycles. The molecule has 0 aliphatic heterocycles. The molecule has 0 fully saturated rings. The fourth-order valence-corrected chi connectivity index (χ4v) is 8.53. The van der Waals surface area contributed by atoms with Crippen LogP contribution in [-0.4, -0.2) is 51.5 Å². The van der Waals surface area contributed by atoms with Gasteiger partial charge >= 0.3 is 185 Å². The molecule has 1 heterocycles. The Kier molecular flexibility index (Phi) is 13.8. The fraction of sp³-hybridized carbons (Fsp3) is 0.281. The number of sulfonamides is 1. The third-order valence-electron chi connectivity index (χ3n) is 6.42. The van der Waals surface area contributed by atoms with Gasteiger partial charge in [0, 0.05) is 12.7 Å². The number of ether oxygens (including phenoxy) is 2. The fourth-order valence-electron chi connectivity index (χ4n) is 4.36. The molecule has 0 saturated heterocycles. The van der Waals surface area contributed by atoms with Gasteiger partial charge in [-0.15, -0.1) is 0 Å². The summed E-state index contributed by atoms with van der Waals surface area (Å²) >= 11 is -1.92. The summed E-state index contributed by atoms with van der Waals surface area (Å²) in [4.78, 5) is 31.0. The Labute approximate surface area is 310 Å². The molecule has 0 spiro atoms. The van der Waals surface area contributed by atoms with E-state index in [9.17, 15) is 31.9 Å². The number of halogens is 3. The predicted octanol–water partition coefficient (Wildman–Crippen LogP) is 3.15. The van der Waals surface area contributed by atoms with Gasteiger partial charge in [-0.05, 0) is 45.7 Å². The topological polar surface area (TPSA) is 212 Å². The molecule has 280 valence electrons. The number of aromatic nitrogens is 2. The molecular formula is C32H33F2IN6O9S2-2. The second-order valence-electron chi connectivity index (χ2n) is 11.7. The molecule has 0 unspecified atom stereocenters. The predicted molar refractivity (Wildman–Crippen MR) is 182 cm³/mol. The Bertz CT molecular complexity index is 2150. The Morgan fingerprint density at radius 2 is 1.85 bits per heavy atom. The van der Waals surface area contributed by atoms with Crippen molar-refractivity contribution in [1.29, 1.82) is 0 Å². The number of hydrogen-bond donors (Lipinski definition) is 3. The molecule has 0 aliphatic rings. The molecule has 3 aromatic carbocycles. The zero-order valence-corrected chi connectivity index (χ0v) is 31.6. The van der Waals surface area contributed by atoms with Crippen molar-refractivity contribution in [2.24, 2.45) is 4.36 Å². The van der Waals surface area contributed by atoms with Crippen molar-refractivity contribution in [3.63, 3.8) is 0 Å². The summed E-state index contributed by atoms with van der Waals surface area (Å²) in [5, 5.41) is 23.1. The van der Waals surface area contributed by atoms with Gasteiger partial charge in [0.05, 0.1) is 6.61 Å². The van der Waals surface area contributed by atoms with Gasteiger partial charge in [0.1, 0.15) is 11.4 Å². The summed E-state index contributed by atoms with van der Waals surface area (Å²) in [6.45, 7) is 5.15. The van der Waals surface area contributed by atoms with Crippen molar-refractivity contribution in [2.45, 2.75) is 49.9 Å². The molecule has 0 radical (unpaired) electrons. The van der Waals surface area contributed by atoms with Gasteiger partial charge in [0.15, 0.2) is 0 Å². The van der Waals surface area contributed by atoms with Crippen LogP contribution in [0.25, 0.3) is 11.3 Å². The minimum Gasteiger partial charge on any atom is -0.494 e. The smallest absolute Gasteiger partial charge is 0.121 e. The van der Waals surface area contributed by atoms with Crippen LogP contribution < -0.4 is 36.3 Å². The molecule has 1 aromatic heterocycles. The first-order valence-corrected chi connectivity index (χ1v) is 20.0. The van der Waals surface area contributed by atoms with E-state index in [4.69, 9.17) is 14.6 Å². The first-order valence-electron chi connectivity index (χ1n) is 15.2. The molecular weight excluding hydrogens is 841 g/mol. The van der Waals surface area contributed by atoms with Gasteiger partial charge < -0.3 is 18.8 Å². The van der Waals surface area contributed by atoms with Gasteiger partial charge in [-0.2, -0.15) is 10.6 Å². The molecule has 0 atom stereocenters. The SMILES string of the molecule is CC(C)(C)OC(=O)/N=[S-](=O)/Cc1cc(Nc2ncc(F)c(-c3ccc(F)c(NS(=O)(=O)c4ccccc4[I-][N+](=O)[O-])c3)n2)cc(OCCCCO)c1. The summed E-state index contributed by atoms with van der Waals surface area (Å²) < 4.78 is 85.1. The van der Waals surface area contributed by atoms with Crippen LogP contribution in [0.3, 0.4) is 0 Å². The third kappa shape index (κ3) is 12.0. The number of rotatable bonds is 15. The summed E-state index contributed by atoms with van der Waals surface area (Å²) in [5.74, 6) is -1.94. The zero-order chi connectivity index (χ0) is 38.1. The Balaban J connectivity index is 1.63. The van der Waals surface area contributed by atoms with Crippen LogP contribution in [0.2, 0.25) is 0 Å². The van der Waals surface area contributed by atoms with Gasteiger partial charge in [0.2, 0.25) is 0 Å². The second-order valence-corrected chi connectivity index (χ2v) is 16.9. The van der Waals surface area contributed by atoms with Gasteiger partial charge in [0.25, 0.3) is 0 Å². The van der Waals surface area contributed by atoms with E-state index < -0.39 is 74.3 Å². The van der Waals surface area contributed by atoms with Crippen LogP contribution in [0.4, 0.5) is 30.9 Å². The number of hydrogen-bond acceptors (Lipinski definition) is 13. The number of nitrogens with one attached hydrogen (secondary N) is 2. The van der Waals surface area contributed by atoms with Crippen LogP contribution >= 0.6 is 0 Å². The maximum Gasteiger partial charge on any atom is 0.121 e. The summed E-state index contributed by atoms with van der Waals surface area (Å²) in [6.07, 6.45) is 0.889. The summed E-state index contributed by atoms with van der Waals surface area (Å²) in [7, 11) is -6.52. The van der Waals surface area contributed by atoms with E-state index in [1.165, 1.54) is 30.3 Å².